The first-order valence-electron chi connectivity index (χ1n) is 16.3. The molecule has 2 aromatic carbocycles. The minimum atomic E-state index is 0.488. The Labute approximate surface area is 284 Å². The molecule has 6 N–H and O–H groups in total. The van der Waals surface area contributed by atoms with Crippen molar-refractivity contribution in [1.29, 1.82) is 0 Å². The van der Waals surface area contributed by atoms with Gasteiger partial charge in [0.2, 0.25) is 11.9 Å². The van der Waals surface area contributed by atoms with Crippen LogP contribution in [-0.4, -0.2) is 57.6 Å². The summed E-state index contributed by atoms with van der Waals surface area (Å²) in [5, 5.41) is 8.59. The van der Waals surface area contributed by atoms with Crippen LogP contribution in [0.4, 0.5) is 11.9 Å². The molecule has 0 bridgehead atoms. The number of rotatable bonds is 14. The fourth-order valence-corrected chi connectivity index (χ4v) is 5.87. The van der Waals surface area contributed by atoms with Gasteiger partial charge in [-0.3, -0.25) is 0 Å². The highest BCUT2D eigenvalue weighted by molar-refractivity contribution is 7.99. The van der Waals surface area contributed by atoms with Crippen LogP contribution in [0.5, 0.6) is 0 Å². The molecule has 0 amide bonds. The number of nitrogens with one attached hydrogen (secondary N) is 2. The Morgan fingerprint density at radius 2 is 1.20 bits per heavy atom. The van der Waals surface area contributed by atoms with E-state index in [0.29, 0.717) is 42.7 Å². The zero-order valence-electron chi connectivity index (χ0n) is 27.8. The van der Waals surface area contributed by atoms with E-state index in [-0.39, 0.29) is 0 Å². The molecule has 2 atom stereocenters. The van der Waals surface area contributed by atoms with Crippen molar-refractivity contribution in [2.24, 2.45) is 23.3 Å². The molecule has 46 heavy (non-hydrogen) atoms. The van der Waals surface area contributed by atoms with E-state index in [4.69, 9.17) is 16.5 Å². The smallest absolute Gasteiger partial charge is 0.223 e. The van der Waals surface area contributed by atoms with Crippen molar-refractivity contribution in [2.75, 3.05) is 48.3 Å². The van der Waals surface area contributed by atoms with Gasteiger partial charge in [-0.1, -0.05) is 94.4 Å². The first-order valence-corrected chi connectivity index (χ1v) is 18.3. The van der Waals surface area contributed by atoms with Gasteiger partial charge < -0.3 is 22.1 Å². The van der Waals surface area contributed by atoms with Gasteiger partial charge in [-0.15, -0.1) is 23.5 Å². The summed E-state index contributed by atoms with van der Waals surface area (Å²) >= 11 is 3.37. The third-order valence-corrected chi connectivity index (χ3v) is 8.88. The highest BCUT2D eigenvalue weighted by Crippen LogP contribution is 2.48. The van der Waals surface area contributed by atoms with Gasteiger partial charge in [0, 0.05) is 49.8 Å². The quantitative estimate of drug-likeness (QED) is 0.0796. The van der Waals surface area contributed by atoms with Gasteiger partial charge in [-0.2, -0.15) is 0 Å². The van der Waals surface area contributed by atoms with Gasteiger partial charge >= 0.3 is 0 Å². The van der Waals surface area contributed by atoms with Crippen molar-refractivity contribution < 1.29 is 0 Å². The summed E-state index contributed by atoms with van der Waals surface area (Å²) in [7, 11) is 0. The number of nitrogens with zero attached hydrogens (tertiary/aromatic N) is 4. The standard InChI is InChI=1S/C20H28N4S.C10H18N4S.C6H6/c1-14(2)13-22-20-23-18(12-19(24-20)25-11-10-21)17-9-8-16(17)15-6-4-3-5-7-15;1-8(2)7-13-10-12-5-3-9(14-10)15-6-4-11;1-2-4-6-5-3-1/h3-7,12,14,16-17H,8-11,13,21H2,1-2H3,(H,22,23,24);3,5,8H,4,6-7,11H2,1-2H3,(H,12,13,14);1-6H. The Balaban J connectivity index is 0.000000230. The van der Waals surface area contributed by atoms with Crippen molar-refractivity contribution >= 4 is 35.4 Å². The lowest BCUT2D eigenvalue weighted by Crippen LogP contribution is -2.23. The molecule has 5 rings (SSSR count). The molecule has 248 valence electrons. The molecule has 1 aliphatic rings. The SMILES string of the molecule is CC(C)CNc1nc(SCCN)cc(C2CCC2c2ccccc2)n1.CC(C)CNc1nccc(SCCN)n1.c1ccccc1. The second kappa shape index (κ2) is 21.6. The third-order valence-electron chi connectivity index (χ3n) is 6.97. The van der Waals surface area contributed by atoms with Gasteiger partial charge in [0.05, 0.1) is 5.69 Å². The number of hydrogen-bond acceptors (Lipinski definition) is 10. The second-order valence-corrected chi connectivity index (χ2v) is 14.1. The Bertz CT molecular complexity index is 1330. The number of hydrogen-bond donors (Lipinski definition) is 4. The van der Waals surface area contributed by atoms with Crippen LogP contribution in [0.3, 0.4) is 0 Å². The lowest BCUT2D eigenvalue weighted by atomic mass is 9.68. The number of benzene rings is 2. The van der Waals surface area contributed by atoms with Crippen LogP contribution in [0.1, 0.15) is 63.6 Å². The summed E-state index contributed by atoms with van der Waals surface area (Å²) in [4.78, 5) is 18.0. The van der Waals surface area contributed by atoms with Crippen molar-refractivity contribution in [3.8, 4) is 0 Å². The Kier molecular flexibility index (Phi) is 17.5. The molecule has 2 unspecified atom stereocenters. The van der Waals surface area contributed by atoms with E-state index < -0.39 is 0 Å². The fourth-order valence-electron chi connectivity index (χ4n) is 4.55. The Hall–Kier alpha value is -3.18. The summed E-state index contributed by atoms with van der Waals surface area (Å²) < 4.78 is 0. The fraction of sp³-hybridized carbons (Fsp3) is 0.444. The van der Waals surface area contributed by atoms with Crippen molar-refractivity contribution in [2.45, 2.75) is 62.4 Å². The predicted molar refractivity (Wildman–Crippen MR) is 198 cm³/mol. The normalized spacial score (nSPS) is 15.2. The molecule has 2 heterocycles. The van der Waals surface area contributed by atoms with Gasteiger partial charge in [0.1, 0.15) is 10.1 Å². The molecule has 1 saturated carbocycles. The highest BCUT2D eigenvalue weighted by Gasteiger charge is 2.34. The summed E-state index contributed by atoms with van der Waals surface area (Å²) in [6.45, 7) is 11.8. The molecule has 0 radical (unpaired) electrons. The molecule has 1 aliphatic carbocycles. The van der Waals surface area contributed by atoms with Crippen LogP contribution in [0.15, 0.2) is 95.1 Å². The van der Waals surface area contributed by atoms with Crippen molar-refractivity contribution in [3.05, 3.63) is 96.3 Å². The Morgan fingerprint density at radius 1 is 0.674 bits per heavy atom. The average Bonchev–Trinajstić information content (AvgIpc) is 3.06. The second-order valence-electron chi connectivity index (χ2n) is 11.9. The first kappa shape index (κ1) is 37.3. The van der Waals surface area contributed by atoms with E-state index in [9.17, 15) is 0 Å². The van der Waals surface area contributed by atoms with Crippen LogP contribution in [0, 0.1) is 11.8 Å². The molecule has 2 aromatic heterocycles. The molecular formula is C36H52N8S2. The molecule has 1 fully saturated rings. The van der Waals surface area contributed by atoms with E-state index in [1.807, 2.05) is 42.5 Å². The van der Waals surface area contributed by atoms with Crippen LogP contribution in [0.2, 0.25) is 0 Å². The van der Waals surface area contributed by atoms with Gasteiger partial charge in [-0.25, -0.2) is 19.9 Å². The highest BCUT2D eigenvalue weighted by atomic mass is 32.2. The number of thioether (sulfide) groups is 2. The van der Waals surface area contributed by atoms with E-state index >= 15 is 0 Å². The third kappa shape index (κ3) is 14.1. The minimum Gasteiger partial charge on any atom is -0.354 e. The maximum Gasteiger partial charge on any atom is 0.223 e. The molecule has 0 saturated heterocycles. The van der Waals surface area contributed by atoms with Gasteiger partial charge in [-0.05, 0) is 48.3 Å². The van der Waals surface area contributed by atoms with E-state index in [1.54, 1.807) is 29.7 Å². The molecule has 8 nitrogen and oxygen atoms in total. The molecule has 0 aliphatic heterocycles. The van der Waals surface area contributed by atoms with Crippen LogP contribution >= 0.6 is 23.5 Å². The lowest BCUT2D eigenvalue weighted by molar-refractivity contribution is 0.339. The number of nitrogens with two attached hydrogens (primary N) is 2. The maximum absolute atomic E-state index is 5.67. The van der Waals surface area contributed by atoms with Crippen LogP contribution in [0.25, 0.3) is 0 Å². The zero-order valence-corrected chi connectivity index (χ0v) is 29.4. The molecular weight excluding hydrogens is 609 g/mol. The Morgan fingerprint density at radius 3 is 1.74 bits per heavy atom. The minimum absolute atomic E-state index is 0.488. The largest absolute Gasteiger partial charge is 0.354 e. The van der Waals surface area contributed by atoms with Gasteiger partial charge in [0.25, 0.3) is 0 Å². The lowest BCUT2D eigenvalue weighted by Gasteiger charge is -2.37. The predicted octanol–water partition coefficient (Wildman–Crippen LogP) is 7.54. The molecule has 10 heteroatoms. The molecule has 0 spiro atoms. The van der Waals surface area contributed by atoms with Gasteiger partial charge in [0.15, 0.2) is 0 Å². The summed E-state index contributed by atoms with van der Waals surface area (Å²) in [6.07, 6.45) is 4.20. The maximum atomic E-state index is 5.67. The zero-order chi connectivity index (χ0) is 33.0. The number of anilines is 2. The van der Waals surface area contributed by atoms with Crippen LogP contribution in [-0.2, 0) is 0 Å². The summed E-state index contributed by atoms with van der Waals surface area (Å²) in [5.74, 6) is 5.44. The van der Waals surface area contributed by atoms with E-state index in [2.05, 4.69) is 89.7 Å². The summed E-state index contributed by atoms with van der Waals surface area (Å²) in [5.41, 5.74) is 13.7. The topological polar surface area (TPSA) is 128 Å². The monoisotopic (exact) mass is 660 g/mol. The number of aromatic nitrogens is 4. The average molecular weight is 661 g/mol. The van der Waals surface area contributed by atoms with E-state index in [1.165, 1.54) is 24.1 Å². The summed E-state index contributed by atoms with van der Waals surface area (Å²) in [6, 6.07) is 26.9. The first-order chi connectivity index (χ1) is 22.4. The van der Waals surface area contributed by atoms with Crippen molar-refractivity contribution in [1.82, 2.24) is 19.9 Å². The van der Waals surface area contributed by atoms with Crippen molar-refractivity contribution in [3.63, 3.8) is 0 Å². The van der Waals surface area contributed by atoms with Crippen LogP contribution < -0.4 is 22.1 Å². The molecule has 4 aromatic rings. The van der Waals surface area contributed by atoms with E-state index in [0.717, 1.165) is 40.6 Å².